The van der Waals surface area contributed by atoms with Crippen LogP contribution in [0.4, 0.5) is 18.3 Å². The van der Waals surface area contributed by atoms with Gasteiger partial charge in [0.1, 0.15) is 0 Å². The maximum absolute atomic E-state index is 12.8. The average Bonchev–Trinajstić information content (AvgIpc) is 3.02. The van der Waals surface area contributed by atoms with Crippen LogP contribution in [-0.4, -0.2) is 37.7 Å². The number of aromatic nitrogens is 1. The number of rotatable bonds is 4. The Kier molecular flexibility index (Phi) is 5.17. The summed E-state index contributed by atoms with van der Waals surface area (Å²) in [6, 6.07) is 8.37. The van der Waals surface area contributed by atoms with Gasteiger partial charge >= 0.3 is 6.18 Å². The fourth-order valence-electron chi connectivity index (χ4n) is 2.34. The zero-order chi connectivity index (χ0) is 20.7. The Bertz CT molecular complexity index is 1160. The molecule has 148 valence electrons. The number of nitrogens with one attached hydrogen (secondary N) is 1. The Morgan fingerprint density at radius 3 is 2.50 bits per heavy atom. The van der Waals surface area contributed by atoms with Crippen molar-refractivity contribution in [3.05, 3.63) is 53.6 Å². The molecule has 3 aromatic rings. The summed E-state index contributed by atoms with van der Waals surface area (Å²) < 4.78 is 64.4. The number of hydrogen-bond donors (Lipinski definition) is 1. The SMILES string of the molecule is CN(C)S(=O)(=O)c1ccc2nc(NC(=O)c3cccc(C(F)(F)F)c3)sc2c1. The average molecular weight is 429 g/mol. The maximum atomic E-state index is 12.8. The molecule has 0 fully saturated rings. The molecule has 0 atom stereocenters. The Morgan fingerprint density at radius 2 is 1.86 bits per heavy atom. The van der Waals surface area contributed by atoms with Crippen LogP contribution in [0.15, 0.2) is 47.4 Å². The van der Waals surface area contributed by atoms with Gasteiger partial charge in [-0.05, 0) is 36.4 Å². The fourth-order valence-corrected chi connectivity index (χ4v) is 4.24. The second kappa shape index (κ2) is 7.15. The molecule has 0 radical (unpaired) electrons. The predicted octanol–water partition coefficient (Wildman–Crippen LogP) is 3.82. The monoisotopic (exact) mass is 429 g/mol. The first-order valence-electron chi connectivity index (χ1n) is 7.80. The van der Waals surface area contributed by atoms with Crippen molar-refractivity contribution in [2.45, 2.75) is 11.1 Å². The van der Waals surface area contributed by atoms with Crippen molar-refractivity contribution in [1.29, 1.82) is 0 Å². The van der Waals surface area contributed by atoms with Crippen LogP contribution in [0.1, 0.15) is 15.9 Å². The number of sulfonamides is 1. The molecule has 6 nitrogen and oxygen atoms in total. The highest BCUT2D eigenvalue weighted by Crippen LogP contribution is 2.31. The molecule has 28 heavy (non-hydrogen) atoms. The zero-order valence-corrected chi connectivity index (χ0v) is 16.2. The van der Waals surface area contributed by atoms with E-state index < -0.39 is 27.7 Å². The molecule has 1 amide bonds. The zero-order valence-electron chi connectivity index (χ0n) is 14.6. The van der Waals surface area contributed by atoms with Crippen molar-refractivity contribution in [2.24, 2.45) is 0 Å². The standard InChI is InChI=1S/C17H14F3N3O3S2/c1-23(2)28(25,26)12-6-7-13-14(9-12)27-16(21-13)22-15(24)10-4-3-5-11(8-10)17(18,19)20/h3-9H,1-2H3,(H,21,22,24). The van der Waals surface area contributed by atoms with Crippen LogP contribution in [-0.2, 0) is 16.2 Å². The topological polar surface area (TPSA) is 79.4 Å². The Balaban J connectivity index is 1.88. The second-order valence-electron chi connectivity index (χ2n) is 5.97. The molecule has 0 unspecified atom stereocenters. The number of amides is 1. The summed E-state index contributed by atoms with van der Waals surface area (Å²) in [5, 5.41) is 2.60. The van der Waals surface area contributed by atoms with E-state index >= 15 is 0 Å². The van der Waals surface area contributed by atoms with Crippen LogP contribution in [0, 0.1) is 0 Å². The maximum Gasteiger partial charge on any atom is 0.416 e. The molecule has 0 aliphatic carbocycles. The van der Waals surface area contributed by atoms with E-state index in [1.807, 2.05) is 0 Å². The molecule has 0 aliphatic heterocycles. The number of benzene rings is 2. The van der Waals surface area contributed by atoms with Crippen molar-refractivity contribution in [1.82, 2.24) is 9.29 Å². The first-order chi connectivity index (χ1) is 13.0. The number of anilines is 1. The number of carbonyl (C=O) groups is 1. The number of alkyl halides is 3. The molecule has 2 aromatic carbocycles. The van der Waals surface area contributed by atoms with Gasteiger partial charge < -0.3 is 0 Å². The van der Waals surface area contributed by atoms with E-state index in [1.165, 1.54) is 38.4 Å². The molecular weight excluding hydrogens is 415 g/mol. The summed E-state index contributed by atoms with van der Waals surface area (Å²) in [6.07, 6.45) is -4.56. The Morgan fingerprint density at radius 1 is 1.14 bits per heavy atom. The van der Waals surface area contributed by atoms with Gasteiger partial charge in [0.05, 0.1) is 20.7 Å². The van der Waals surface area contributed by atoms with Gasteiger partial charge in [-0.1, -0.05) is 17.4 Å². The van der Waals surface area contributed by atoms with Crippen LogP contribution < -0.4 is 5.32 Å². The lowest BCUT2D eigenvalue weighted by Gasteiger charge is -2.10. The minimum atomic E-state index is -4.56. The molecule has 1 N–H and O–H groups in total. The van der Waals surface area contributed by atoms with Gasteiger partial charge in [-0.15, -0.1) is 0 Å². The van der Waals surface area contributed by atoms with Crippen molar-refractivity contribution in [3.63, 3.8) is 0 Å². The number of nitrogens with zero attached hydrogens (tertiary/aromatic N) is 2. The number of hydrogen-bond acceptors (Lipinski definition) is 5. The smallest absolute Gasteiger partial charge is 0.298 e. The minimum absolute atomic E-state index is 0.0735. The van der Waals surface area contributed by atoms with E-state index in [9.17, 15) is 26.4 Å². The number of carbonyl (C=O) groups excluding carboxylic acids is 1. The lowest BCUT2D eigenvalue weighted by atomic mass is 10.1. The highest BCUT2D eigenvalue weighted by atomic mass is 32.2. The van der Waals surface area contributed by atoms with E-state index in [-0.39, 0.29) is 15.6 Å². The molecule has 11 heteroatoms. The third-order valence-corrected chi connectivity index (χ3v) is 6.56. The molecule has 0 bridgehead atoms. The first-order valence-corrected chi connectivity index (χ1v) is 10.1. The molecular formula is C17H14F3N3O3S2. The van der Waals surface area contributed by atoms with E-state index in [4.69, 9.17) is 0 Å². The number of fused-ring (bicyclic) bond motifs is 1. The molecule has 1 heterocycles. The molecule has 0 saturated heterocycles. The largest absolute Gasteiger partial charge is 0.416 e. The van der Waals surface area contributed by atoms with Crippen LogP contribution in [0.5, 0.6) is 0 Å². The summed E-state index contributed by atoms with van der Waals surface area (Å²) in [5.74, 6) is -0.744. The minimum Gasteiger partial charge on any atom is -0.298 e. The third kappa shape index (κ3) is 4.01. The number of thiazole rings is 1. The van der Waals surface area contributed by atoms with Crippen LogP contribution in [0.2, 0.25) is 0 Å². The number of halogens is 3. The first kappa shape index (κ1) is 20.2. The molecule has 0 aliphatic rings. The fraction of sp³-hybridized carbons (Fsp3) is 0.176. The Labute approximate surface area is 162 Å². The van der Waals surface area contributed by atoms with E-state index in [2.05, 4.69) is 10.3 Å². The summed E-state index contributed by atoms with van der Waals surface area (Å²) in [5.41, 5.74) is -0.630. The summed E-state index contributed by atoms with van der Waals surface area (Å²) in [7, 11) is -0.806. The van der Waals surface area contributed by atoms with Gasteiger partial charge in [-0.3, -0.25) is 10.1 Å². The van der Waals surface area contributed by atoms with Gasteiger partial charge in [0.25, 0.3) is 5.91 Å². The summed E-state index contributed by atoms with van der Waals surface area (Å²) >= 11 is 1.02. The van der Waals surface area contributed by atoms with Crippen molar-refractivity contribution < 1.29 is 26.4 Å². The van der Waals surface area contributed by atoms with Crippen molar-refractivity contribution in [3.8, 4) is 0 Å². The quantitative estimate of drug-likeness (QED) is 0.684. The lowest BCUT2D eigenvalue weighted by Crippen LogP contribution is -2.22. The molecule has 0 spiro atoms. The third-order valence-electron chi connectivity index (χ3n) is 3.81. The normalized spacial score (nSPS) is 12.5. The van der Waals surface area contributed by atoms with Gasteiger partial charge in [-0.25, -0.2) is 17.7 Å². The van der Waals surface area contributed by atoms with E-state index in [0.29, 0.717) is 10.2 Å². The van der Waals surface area contributed by atoms with Gasteiger partial charge in [0.15, 0.2) is 5.13 Å². The highest BCUT2D eigenvalue weighted by molar-refractivity contribution is 7.89. The highest BCUT2D eigenvalue weighted by Gasteiger charge is 2.31. The van der Waals surface area contributed by atoms with Crippen molar-refractivity contribution >= 4 is 42.6 Å². The van der Waals surface area contributed by atoms with Gasteiger partial charge in [0.2, 0.25) is 10.0 Å². The predicted molar refractivity (Wildman–Crippen MR) is 99.9 cm³/mol. The van der Waals surface area contributed by atoms with E-state index in [1.54, 1.807) is 0 Å². The molecule has 3 rings (SSSR count). The van der Waals surface area contributed by atoms with Crippen LogP contribution in [0.3, 0.4) is 0 Å². The van der Waals surface area contributed by atoms with Crippen molar-refractivity contribution in [2.75, 3.05) is 19.4 Å². The summed E-state index contributed by atoms with van der Waals surface area (Å²) in [6.45, 7) is 0. The lowest BCUT2D eigenvalue weighted by molar-refractivity contribution is -0.137. The van der Waals surface area contributed by atoms with Crippen LogP contribution >= 0.6 is 11.3 Å². The van der Waals surface area contributed by atoms with Gasteiger partial charge in [0, 0.05) is 19.7 Å². The Hall–Kier alpha value is -2.50. The second-order valence-corrected chi connectivity index (χ2v) is 9.15. The molecule has 1 aromatic heterocycles. The van der Waals surface area contributed by atoms with Crippen LogP contribution in [0.25, 0.3) is 10.2 Å². The summed E-state index contributed by atoms with van der Waals surface area (Å²) in [4.78, 5) is 16.5. The molecule has 0 saturated carbocycles. The van der Waals surface area contributed by atoms with Gasteiger partial charge in [-0.2, -0.15) is 13.2 Å². The van der Waals surface area contributed by atoms with E-state index in [0.717, 1.165) is 33.8 Å².